The molecule has 0 aliphatic carbocycles. The predicted molar refractivity (Wildman–Crippen MR) is 124 cm³/mol. The summed E-state index contributed by atoms with van der Waals surface area (Å²) in [5.41, 5.74) is -0.548. The van der Waals surface area contributed by atoms with E-state index in [4.69, 9.17) is 9.47 Å². The second kappa shape index (κ2) is 9.68. The summed E-state index contributed by atoms with van der Waals surface area (Å²) in [5, 5.41) is 2.78. The maximum Gasteiger partial charge on any atom is 0.259 e. The summed E-state index contributed by atoms with van der Waals surface area (Å²) in [7, 11) is 0. The first-order valence-corrected chi connectivity index (χ1v) is 11.5. The van der Waals surface area contributed by atoms with Crippen LogP contribution in [0.4, 0.5) is 0 Å². The van der Waals surface area contributed by atoms with Gasteiger partial charge in [0.2, 0.25) is 5.43 Å². The molecule has 1 saturated heterocycles. The number of hydrogen-bond donors (Lipinski definition) is 1. The molecule has 0 bridgehead atoms. The Morgan fingerprint density at radius 2 is 1.76 bits per heavy atom. The van der Waals surface area contributed by atoms with Crippen LogP contribution in [0.3, 0.4) is 0 Å². The highest BCUT2D eigenvalue weighted by atomic mass is 16.6. The van der Waals surface area contributed by atoms with Crippen molar-refractivity contribution in [1.82, 2.24) is 14.8 Å². The van der Waals surface area contributed by atoms with Gasteiger partial charge < -0.3 is 24.3 Å². The molecule has 1 aromatic carbocycles. The van der Waals surface area contributed by atoms with Crippen LogP contribution < -0.4 is 20.2 Å². The molecule has 2 amide bonds. The number of carbonyl (C=O) groups excluding carboxylic acids is 2. The number of fused-ring (bicyclic) bond motifs is 1. The average Bonchev–Trinajstić information content (AvgIpc) is 2.82. The number of ether oxygens (including phenoxy) is 2. The quantitative estimate of drug-likeness (QED) is 0.752. The van der Waals surface area contributed by atoms with Gasteiger partial charge >= 0.3 is 0 Å². The van der Waals surface area contributed by atoms with E-state index < -0.39 is 11.3 Å². The normalized spacial score (nSPS) is 18.3. The number of amides is 2. The largest absolute Gasteiger partial charge is 0.486 e. The molecule has 1 atom stereocenters. The lowest BCUT2D eigenvalue weighted by atomic mass is 9.98. The van der Waals surface area contributed by atoms with E-state index in [2.05, 4.69) is 12.2 Å². The van der Waals surface area contributed by atoms with E-state index in [1.807, 2.05) is 32.0 Å². The van der Waals surface area contributed by atoms with Crippen LogP contribution in [0.15, 0.2) is 41.5 Å². The van der Waals surface area contributed by atoms with Crippen molar-refractivity contribution in [3.05, 3.63) is 58.0 Å². The lowest BCUT2D eigenvalue weighted by molar-refractivity contribution is 0.0694. The molecule has 8 nitrogen and oxygen atoms in total. The van der Waals surface area contributed by atoms with Crippen LogP contribution in [0, 0.1) is 5.92 Å². The molecule has 1 N–H and O–H groups in total. The fourth-order valence-corrected chi connectivity index (χ4v) is 4.06. The van der Waals surface area contributed by atoms with Gasteiger partial charge in [0.25, 0.3) is 11.8 Å². The molecule has 1 fully saturated rings. The molecule has 4 rings (SSSR count). The summed E-state index contributed by atoms with van der Waals surface area (Å²) in [6.45, 7) is 7.76. The van der Waals surface area contributed by atoms with Gasteiger partial charge in [0.05, 0.1) is 6.54 Å². The Morgan fingerprint density at radius 1 is 1.09 bits per heavy atom. The van der Waals surface area contributed by atoms with Crippen LogP contribution in [0.1, 0.15) is 60.4 Å². The smallest absolute Gasteiger partial charge is 0.259 e. The zero-order valence-corrected chi connectivity index (χ0v) is 19.4. The fraction of sp³-hybridized carbons (Fsp3) is 0.480. The first-order chi connectivity index (χ1) is 15.8. The highest BCUT2D eigenvalue weighted by molar-refractivity contribution is 5.99. The van der Waals surface area contributed by atoms with Crippen molar-refractivity contribution in [3.63, 3.8) is 0 Å². The Morgan fingerprint density at radius 3 is 2.45 bits per heavy atom. The Kier molecular flexibility index (Phi) is 6.72. The molecule has 2 aromatic rings. The van der Waals surface area contributed by atoms with Gasteiger partial charge in [-0.25, -0.2) is 0 Å². The number of hydrogen-bond acceptors (Lipinski definition) is 5. The molecule has 2 aliphatic rings. The molecule has 0 unspecified atom stereocenters. The summed E-state index contributed by atoms with van der Waals surface area (Å²) < 4.78 is 13.3. The lowest BCUT2D eigenvalue weighted by Crippen LogP contribution is -2.43. The number of aromatic nitrogens is 1. The Hall–Kier alpha value is -3.29. The summed E-state index contributed by atoms with van der Waals surface area (Å²) in [6.07, 6.45) is 4.54. The number of para-hydroxylation sites is 2. The third-order valence-corrected chi connectivity index (χ3v) is 6.25. The molecular formula is C25H31N3O5. The number of nitrogens with zero attached hydrogens (tertiary/aromatic N) is 2. The van der Waals surface area contributed by atoms with Crippen LogP contribution >= 0.6 is 0 Å². The molecule has 33 heavy (non-hydrogen) atoms. The molecular weight excluding hydrogens is 422 g/mol. The molecule has 176 valence electrons. The summed E-state index contributed by atoms with van der Waals surface area (Å²) in [4.78, 5) is 41.0. The maximum atomic E-state index is 13.2. The van der Waals surface area contributed by atoms with Crippen molar-refractivity contribution in [3.8, 4) is 11.5 Å². The predicted octanol–water partition coefficient (Wildman–Crippen LogP) is 2.87. The van der Waals surface area contributed by atoms with Gasteiger partial charge in [0, 0.05) is 31.5 Å². The number of nitrogens with one attached hydrogen (secondary N) is 1. The summed E-state index contributed by atoms with van der Waals surface area (Å²) in [5.74, 6) is 1.01. The highest BCUT2D eigenvalue weighted by Crippen LogP contribution is 2.30. The van der Waals surface area contributed by atoms with E-state index in [9.17, 15) is 14.4 Å². The Bertz CT molecular complexity index is 1090. The number of likely N-dealkylation sites (tertiary alicyclic amines) is 1. The van der Waals surface area contributed by atoms with Gasteiger partial charge in [-0.05, 0) is 44.7 Å². The van der Waals surface area contributed by atoms with Crippen molar-refractivity contribution in [2.24, 2.45) is 5.92 Å². The van der Waals surface area contributed by atoms with Gasteiger partial charge in [-0.15, -0.1) is 0 Å². The zero-order chi connectivity index (χ0) is 23.5. The van der Waals surface area contributed by atoms with Crippen molar-refractivity contribution in [1.29, 1.82) is 0 Å². The van der Waals surface area contributed by atoms with E-state index in [0.717, 1.165) is 12.8 Å². The molecule has 3 heterocycles. The highest BCUT2D eigenvalue weighted by Gasteiger charge is 2.27. The SMILES string of the molecule is CC1CCN(C(=O)c2cn(C(C)C)cc(C(=O)NC[C@H]3COc4ccccc4O3)c2=O)CC1. The number of piperidine rings is 1. The lowest BCUT2D eigenvalue weighted by Gasteiger charge is -2.30. The van der Waals surface area contributed by atoms with Crippen molar-refractivity contribution >= 4 is 11.8 Å². The van der Waals surface area contributed by atoms with Crippen LogP contribution in [0.25, 0.3) is 0 Å². The third-order valence-electron chi connectivity index (χ3n) is 6.25. The van der Waals surface area contributed by atoms with Crippen LogP contribution in [-0.2, 0) is 0 Å². The van der Waals surface area contributed by atoms with Gasteiger partial charge in [-0.1, -0.05) is 19.1 Å². The van der Waals surface area contributed by atoms with Crippen LogP contribution in [-0.4, -0.2) is 53.6 Å². The van der Waals surface area contributed by atoms with Crippen molar-refractivity contribution in [2.75, 3.05) is 26.2 Å². The molecule has 0 spiro atoms. The van der Waals surface area contributed by atoms with Crippen molar-refractivity contribution < 1.29 is 19.1 Å². The standard InChI is InChI=1S/C25H31N3O5/c1-16(2)28-13-19(23(29)20(14-28)25(31)27-10-8-17(3)9-11-27)24(30)26-12-18-15-32-21-6-4-5-7-22(21)33-18/h4-7,13-14,16-18H,8-12,15H2,1-3H3,(H,26,30)/t18-/m0/s1. The second-order valence-electron chi connectivity index (χ2n) is 9.14. The van der Waals surface area contributed by atoms with Crippen LogP contribution in [0.5, 0.6) is 11.5 Å². The van der Waals surface area contributed by atoms with E-state index in [0.29, 0.717) is 37.1 Å². The molecule has 0 radical (unpaired) electrons. The fourth-order valence-electron chi connectivity index (χ4n) is 4.06. The Labute approximate surface area is 193 Å². The van der Waals surface area contributed by atoms with E-state index in [-0.39, 0.29) is 35.7 Å². The third kappa shape index (κ3) is 5.05. The molecule has 1 aromatic heterocycles. The van der Waals surface area contributed by atoms with Crippen molar-refractivity contribution in [2.45, 2.75) is 45.8 Å². The number of carbonyl (C=O) groups is 2. The average molecular weight is 454 g/mol. The van der Waals surface area contributed by atoms with Gasteiger partial charge in [0.15, 0.2) is 11.5 Å². The van der Waals surface area contributed by atoms with Gasteiger partial charge in [-0.2, -0.15) is 0 Å². The summed E-state index contributed by atoms with van der Waals surface area (Å²) >= 11 is 0. The monoisotopic (exact) mass is 453 g/mol. The maximum absolute atomic E-state index is 13.2. The van der Waals surface area contributed by atoms with Crippen LogP contribution in [0.2, 0.25) is 0 Å². The minimum Gasteiger partial charge on any atom is -0.486 e. The van der Waals surface area contributed by atoms with E-state index in [1.54, 1.807) is 21.7 Å². The topological polar surface area (TPSA) is 89.9 Å². The number of pyridine rings is 1. The minimum atomic E-state index is -0.542. The van der Waals surface area contributed by atoms with E-state index in [1.165, 1.54) is 6.20 Å². The zero-order valence-electron chi connectivity index (χ0n) is 19.4. The first kappa shape index (κ1) is 22.9. The molecule has 0 saturated carbocycles. The minimum absolute atomic E-state index is 0.0170. The summed E-state index contributed by atoms with van der Waals surface area (Å²) in [6, 6.07) is 7.33. The number of benzene rings is 1. The van der Waals surface area contributed by atoms with E-state index >= 15 is 0 Å². The second-order valence-corrected chi connectivity index (χ2v) is 9.14. The van der Waals surface area contributed by atoms with Gasteiger partial charge in [0.1, 0.15) is 23.8 Å². The number of rotatable bonds is 5. The Balaban J connectivity index is 1.51. The van der Waals surface area contributed by atoms with Gasteiger partial charge in [-0.3, -0.25) is 14.4 Å². The first-order valence-electron chi connectivity index (χ1n) is 11.5. The molecule has 2 aliphatic heterocycles. The molecule has 8 heteroatoms.